The molecule has 0 spiro atoms. The lowest BCUT2D eigenvalue weighted by Crippen LogP contribution is -2.13. The van der Waals surface area contributed by atoms with Gasteiger partial charge in [-0.25, -0.2) is 0 Å². The van der Waals surface area contributed by atoms with Gasteiger partial charge in [0, 0.05) is 10.9 Å². The molecule has 0 saturated heterocycles. The Labute approximate surface area is 85.0 Å². The van der Waals surface area contributed by atoms with Crippen LogP contribution < -0.4 is 5.73 Å². The van der Waals surface area contributed by atoms with E-state index in [2.05, 4.69) is 10.1 Å². The number of halogens is 1. The Morgan fingerprint density at radius 1 is 1.43 bits per heavy atom. The highest BCUT2D eigenvalue weighted by Crippen LogP contribution is 2.26. The predicted octanol–water partition coefficient (Wildman–Crippen LogP) is 1.92. The number of nitrogens with two attached hydrogens (primary N) is 1. The molecule has 2 rings (SSSR count). The number of aromatic nitrogens is 1. The molecule has 5 heteroatoms. The smallest absolute Gasteiger partial charge is 0.188 e. The van der Waals surface area contributed by atoms with Crippen molar-refractivity contribution in [3.63, 3.8) is 0 Å². The average molecular weight is 210 g/mol. The number of nitrogens with zero attached hydrogens (tertiary/aromatic N) is 1. The zero-order chi connectivity index (χ0) is 10.1. The maximum Gasteiger partial charge on any atom is 0.188 e. The van der Waals surface area contributed by atoms with Crippen LogP contribution >= 0.6 is 11.6 Å². The summed E-state index contributed by atoms with van der Waals surface area (Å²) in [5.74, 6) is -0.0220. The van der Waals surface area contributed by atoms with E-state index in [0.717, 1.165) is 10.9 Å². The first-order chi connectivity index (χ1) is 6.74. The van der Waals surface area contributed by atoms with Crippen LogP contribution in [-0.2, 0) is 0 Å². The van der Waals surface area contributed by atoms with E-state index in [4.69, 9.17) is 22.5 Å². The summed E-state index contributed by atoms with van der Waals surface area (Å²) in [7, 11) is 0. The Bertz CT molecular complexity index is 504. The van der Waals surface area contributed by atoms with Gasteiger partial charge in [-0.05, 0) is 6.07 Å². The van der Waals surface area contributed by atoms with E-state index >= 15 is 0 Å². The third kappa shape index (κ3) is 1.20. The molecule has 1 aromatic heterocycles. The van der Waals surface area contributed by atoms with Crippen LogP contribution in [0.1, 0.15) is 5.69 Å². The van der Waals surface area contributed by atoms with Crippen molar-refractivity contribution in [2.24, 2.45) is 10.9 Å². The molecule has 14 heavy (non-hydrogen) atoms. The number of H-pyrrole nitrogens is 1. The molecule has 2 aromatic rings. The SMILES string of the molecule is NC(=NO)c1[nH]c2ccccc2c1Cl. The van der Waals surface area contributed by atoms with E-state index in [1.807, 2.05) is 24.3 Å². The van der Waals surface area contributed by atoms with Crippen LogP contribution in [0.2, 0.25) is 5.02 Å². The van der Waals surface area contributed by atoms with Gasteiger partial charge in [0.25, 0.3) is 0 Å². The minimum atomic E-state index is -0.0220. The third-order valence-corrected chi connectivity index (χ3v) is 2.40. The molecule has 0 atom stereocenters. The molecule has 0 aliphatic carbocycles. The van der Waals surface area contributed by atoms with Gasteiger partial charge >= 0.3 is 0 Å². The number of amidine groups is 1. The maximum atomic E-state index is 8.52. The third-order valence-electron chi connectivity index (χ3n) is 2.01. The molecule has 0 amide bonds. The zero-order valence-corrected chi connectivity index (χ0v) is 7.92. The second-order valence-corrected chi connectivity index (χ2v) is 3.22. The second kappa shape index (κ2) is 3.23. The van der Waals surface area contributed by atoms with E-state index in [1.54, 1.807) is 0 Å². The number of hydrogen-bond donors (Lipinski definition) is 3. The molecular formula is C9H8ClN3O. The summed E-state index contributed by atoms with van der Waals surface area (Å²) in [5.41, 5.74) is 6.74. The molecule has 0 aliphatic rings. The molecule has 1 heterocycles. The first-order valence-electron chi connectivity index (χ1n) is 3.98. The van der Waals surface area contributed by atoms with Crippen molar-refractivity contribution in [1.29, 1.82) is 0 Å². The fourth-order valence-corrected chi connectivity index (χ4v) is 1.64. The van der Waals surface area contributed by atoms with Crippen molar-refractivity contribution in [2.75, 3.05) is 0 Å². The quantitative estimate of drug-likeness (QED) is 0.291. The van der Waals surface area contributed by atoms with Crippen molar-refractivity contribution in [3.05, 3.63) is 35.0 Å². The summed E-state index contributed by atoms with van der Waals surface area (Å²) in [6, 6.07) is 7.49. The van der Waals surface area contributed by atoms with Gasteiger partial charge in [0.2, 0.25) is 0 Å². The lowest BCUT2D eigenvalue weighted by molar-refractivity contribution is 0.318. The molecule has 4 N–H and O–H groups in total. The van der Waals surface area contributed by atoms with Gasteiger partial charge in [-0.2, -0.15) is 0 Å². The topological polar surface area (TPSA) is 74.4 Å². The summed E-state index contributed by atoms with van der Waals surface area (Å²) in [5, 5.41) is 12.7. The molecule has 0 fully saturated rings. The highest BCUT2D eigenvalue weighted by molar-refractivity contribution is 6.38. The number of aromatic amines is 1. The van der Waals surface area contributed by atoms with Crippen LogP contribution in [0.15, 0.2) is 29.4 Å². The van der Waals surface area contributed by atoms with Crippen LogP contribution in [0.5, 0.6) is 0 Å². The standard InChI is InChI=1S/C9H8ClN3O/c10-7-5-3-1-2-4-6(5)12-8(7)9(11)13-14/h1-4,12,14H,(H2,11,13). The monoisotopic (exact) mass is 209 g/mol. The Balaban J connectivity index is 2.75. The van der Waals surface area contributed by atoms with Crippen LogP contribution in [0.4, 0.5) is 0 Å². The highest BCUT2D eigenvalue weighted by Gasteiger charge is 2.11. The van der Waals surface area contributed by atoms with Gasteiger partial charge in [-0.1, -0.05) is 35.0 Å². The van der Waals surface area contributed by atoms with E-state index < -0.39 is 0 Å². The van der Waals surface area contributed by atoms with E-state index in [-0.39, 0.29) is 5.84 Å². The summed E-state index contributed by atoms with van der Waals surface area (Å²) in [4.78, 5) is 2.97. The Morgan fingerprint density at radius 3 is 2.79 bits per heavy atom. The largest absolute Gasteiger partial charge is 0.409 e. The van der Waals surface area contributed by atoms with Gasteiger partial charge in [0.1, 0.15) is 5.69 Å². The number of rotatable bonds is 1. The lowest BCUT2D eigenvalue weighted by atomic mass is 10.2. The summed E-state index contributed by atoms with van der Waals surface area (Å²) in [6.45, 7) is 0. The van der Waals surface area contributed by atoms with E-state index in [0.29, 0.717) is 10.7 Å². The van der Waals surface area contributed by atoms with Crippen molar-refractivity contribution in [1.82, 2.24) is 4.98 Å². The Morgan fingerprint density at radius 2 is 2.14 bits per heavy atom. The van der Waals surface area contributed by atoms with Gasteiger partial charge in [-0.3, -0.25) is 0 Å². The molecule has 0 bridgehead atoms. The zero-order valence-electron chi connectivity index (χ0n) is 7.16. The van der Waals surface area contributed by atoms with E-state index in [1.165, 1.54) is 0 Å². The Hall–Kier alpha value is -1.68. The molecule has 4 nitrogen and oxygen atoms in total. The first-order valence-corrected chi connectivity index (χ1v) is 4.36. The predicted molar refractivity (Wildman–Crippen MR) is 55.8 cm³/mol. The number of benzene rings is 1. The molecule has 0 saturated carbocycles. The molecule has 1 aromatic carbocycles. The van der Waals surface area contributed by atoms with Gasteiger partial charge in [0.15, 0.2) is 5.84 Å². The van der Waals surface area contributed by atoms with Crippen molar-refractivity contribution in [2.45, 2.75) is 0 Å². The van der Waals surface area contributed by atoms with Crippen LogP contribution in [0, 0.1) is 0 Å². The molecule has 72 valence electrons. The van der Waals surface area contributed by atoms with Gasteiger partial charge < -0.3 is 15.9 Å². The minimum absolute atomic E-state index is 0.0220. The Kier molecular flexibility index (Phi) is 2.05. The highest BCUT2D eigenvalue weighted by atomic mass is 35.5. The van der Waals surface area contributed by atoms with Crippen molar-refractivity contribution in [3.8, 4) is 0 Å². The molecule has 0 aliphatic heterocycles. The molecular weight excluding hydrogens is 202 g/mol. The normalized spacial score (nSPS) is 12.2. The lowest BCUT2D eigenvalue weighted by Gasteiger charge is -1.93. The second-order valence-electron chi connectivity index (χ2n) is 2.84. The van der Waals surface area contributed by atoms with Crippen molar-refractivity contribution < 1.29 is 5.21 Å². The molecule has 0 unspecified atom stereocenters. The summed E-state index contributed by atoms with van der Waals surface area (Å²) < 4.78 is 0. The minimum Gasteiger partial charge on any atom is -0.409 e. The molecule has 0 radical (unpaired) electrons. The maximum absolute atomic E-state index is 8.52. The van der Waals surface area contributed by atoms with Crippen LogP contribution in [0.3, 0.4) is 0 Å². The number of nitrogens with one attached hydrogen (secondary N) is 1. The number of oxime groups is 1. The van der Waals surface area contributed by atoms with E-state index in [9.17, 15) is 0 Å². The average Bonchev–Trinajstić information content (AvgIpc) is 2.56. The van der Waals surface area contributed by atoms with Gasteiger partial charge in [0.05, 0.1) is 5.02 Å². The first kappa shape index (κ1) is 8.90. The number of fused-ring (bicyclic) bond motifs is 1. The number of para-hydroxylation sites is 1. The summed E-state index contributed by atoms with van der Waals surface area (Å²) >= 11 is 6.03. The van der Waals surface area contributed by atoms with Crippen LogP contribution in [0.25, 0.3) is 10.9 Å². The van der Waals surface area contributed by atoms with Crippen molar-refractivity contribution >= 4 is 28.3 Å². The fourth-order valence-electron chi connectivity index (χ4n) is 1.33. The summed E-state index contributed by atoms with van der Waals surface area (Å²) in [6.07, 6.45) is 0. The van der Waals surface area contributed by atoms with Crippen LogP contribution in [-0.4, -0.2) is 16.0 Å². The van der Waals surface area contributed by atoms with Gasteiger partial charge in [-0.15, -0.1) is 0 Å². The fraction of sp³-hybridized carbons (Fsp3) is 0. The number of hydrogen-bond acceptors (Lipinski definition) is 2.